The van der Waals surface area contributed by atoms with Crippen LogP contribution in [0.4, 0.5) is 19.0 Å². The van der Waals surface area contributed by atoms with Crippen LogP contribution in [0.2, 0.25) is 0 Å². The van der Waals surface area contributed by atoms with Crippen LogP contribution in [-0.4, -0.2) is 22.5 Å². The average molecular weight is 287 g/mol. The minimum absolute atomic E-state index is 0.0149. The number of hydrogen-bond donors (Lipinski definition) is 1. The van der Waals surface area contributed by atoms with Crippen molar-refractivity contribution in [1.29, 1.82) is 0 Å². The molecule has 1 aliphatic heterocycles. The number of aryl methyl sites for hydroxylation is 1. The van der Waals surface area contributed by atoms with E-state index < -0.39 is 12.2 Å². The van der Waals surface area contributed by atoms with Gasteiger partial charge in [0.2, 0.25) is 0 Å². The molecule has 0 aromatic carbocycles. The number of halogens is 3. The lowest BCUT2D eigenvalue weighted by atomic mass is 10.1. The molecule has 3 rings (SSSR count). The first-order chi connectivity index (χ1) is 8.97. The molecular formula is C12H12F3N3S. The van der Waals surface area contributed by atoms with E-state index in [9.17, 15) is 13.2 Å². The van der Waals surface area contributed by atoms with E-state index >= 15 is 0 Å². The van der Waals surface area contributed by atoms with E-state index in [1.807, 2.05) is 18.4 Å². The minimum Gasteiger partial charge on any atom is -0.370 e. The van der Waals surface area contributed by atoms with Crippen LogP contribution in [0.5, 0.6) is 0 Å². The number of hydrogen-bond acceptors (Lipinski definition) is 3. The van der Waals surface area contributed by atoms with Crippen molar-refractivity contribution >= 4 is 17.2 Å². The zero-order chi connectivity index (χ0) is 13.6. The van der Waals surface area contributed by atoms with Crippen molar-refractivity contribution in [2.24, 2.45) is 0 Å². The molecule has 0 amide bonds. The predicted molar refractivity (Wildman–Crippen MR) is 68.5 cm³/mol. The standard InChI is InChI=1S/C12H12F3N3S/c1-7-3-5-19-11(7)8-6-10-16-4-2-9(12(13,14)15)18(10)17-8/h3,5-6,9,16H,2,4H2,1H3. The molecule has 1 N–H and O–H groups in total. The summed E-state index contributed by atoms with van der Waals surface area (Å²) in [5.74, 6) is 0.441. The highest BCUT2D eigenvalue weighted by Gasteiger charge is 2.44. The molecule has 1 atom stereocenters. The molecule has 0 saturated heterocycles. The highest BCUT2D eigenvalue weighted by atomic mass is 32.1. The van der Waals surface area contributed by atoms with Crippen molar-refractivity contribution < 1.29 is 13.2 Å². The van der Waals surface area contributed by atoms with E-state index in [4.69, 9.17) is 0 Å². The summed E-state index contributed by atoms with van der Waals surface area (Å²) in [4.78, 5) is 0.921. The monoisotopic (exact) mass is 287 g/mol. The van der Waals surface area contributed by atoms with Gasteiger partial charge in [-0.15, -0.1) is 11.3 Å². The summed E-state index contributed by atoms with van der Waals surface area (Å²) in [5, 5.41) is 9.03. The third-order valence-electron chi connectivity index (χ3n) is 3.23. The van der Waals surface area contributed by atoms with Crippen LogP contribution in [-0.2, 0) is 0 Å². The smallest absolute Gasteiger partial charge is 0.370 e. The number of nitrogens with zero attached hydrogens (tertiary/aromatic N) is 2. The number of anilines is 1. The van der Waals surface area contributed by atoms with Gasteiger partial charge in [-0.1, -0.05) is 0 Å². The third kappa shape index (κ3) is 2.11. The molecule has 102 valence electrons. The topological polar surface area (TPSA) is 29.9 Å². The molecule has 0 saturated carbocycles. The van der Waals surface area contributed by atoms with Crippen LogP contribution in [0, 0.1) is 6.92 Å². The van der Waals surface area contributed by atoms with Crippen LogP contribution in [0.1, 0.15) is 18.0 Å². The Morgan fingerprint density at radius 2 is 2.26 bits per heavy atom. The summed E-state index contributed by atoms with van der Waals surface area (Å²) >= 11 is 1.49. The lowest BCUT2D eigenvalue weighted by molar-refractivity contribution is -0.171. The van der Waals surface area contributed by atoms with Crippen molar-refractivity contribution in [1.82, 2.24) is 9.78 Å². The second-order valence-electron chi connectivity index (χ2n) is 4.56. The molecule has 3 nitrogen and oxygen atoms in total. The second kappa shape index (κ2) is 4.26. The maximum atomic E-state index is 13.0. The van der Waals surface area contributed by atoms with Crippen molar-refractivity contribution in [2.45, 2.75) is 25.6 Å². The molecular weight excluding hydrogens is 275 g/mol. The van der Waals surface area contributed by atoms with Gasteiger partial charge in [-0.3, -0.25) is 0 Å². The van der Waals surface area contributed by atoms with E-state index in [0.29, 0.717) is 18.1 Å². The van der Waals surface area contributed by atoms with Gasteiger partial charge in [-0.2, -0.15) is 18.3 Å². The molecule has 0 fully saturated rings. The normalized spacial score (nSPS) is 19.1. The van der Waals surface area contributed by atoms with Crippen LogP contribution in [0.3, 0.4) is 0 Å². The Morgan fingerprint density at radius 1 is 1.47 bits per heavy atom. The first kappa shape index (κ1) is 12.5. The van der Waals surface area contributed by atoms with E-state index in [0.717, 1.165) is 15.1 Å². The number of alkyl halides is 3. The zero-order valence-electron chi connectivity index (χ0n) is 10.2. The Hall–Kier alpha value is -1.50. The predicted octanol–water partition coefficient (Wildman–Crippen LogP) is 3.84. The Kier molecular flexibility index (Phi) is 2.81. The first-order valence-corrected chi connectivity index (χ1v) is 6.79. The largest absolute Gasteiger partial charge is 0.410 e. The van der Waals surface area contributed by atoms with Crippen LogP contribution >= 0.6 is 11.3 Å². The maximum absolute atomic E-state index is 13.0. The molecule has 1 aliphatic rings. The number of fused-ring (bicyclic) bond motifs is 1. The summed E-state index contributed by atoms with van der Waals surface area (Å²) in [6.45, 7) is 2.25. The van der Waals surface area contributed by atoms with Gasteiger partial charge in [0.05, 0.1) is 4.88 Å². The highest BCUT2D eigenvalue weighted by molar-refractivity contribution is 7.13. The number of rotatable bonds is 1. The van der Waals surface area contributed by atoms with Crippen LogP contribution in [0.15, 0.2) is 17.5 Å². The molecule has 0 spiro atoms. The van der Waals surface area contributed by atoms with Crippen LogP contribution < -0.4 is 5.32 Å². The van der Waals surface area contributed by atoms with Gasteiger partial charge >= 0.3 is 6.18 Å². The fourth-order valence-corrected chi connectivity index (χ4v) is 3.15. The lowest BCUT2D eigenvalue weighted by Gasteiger charge is -2.27. The number of thiophene rings is 1. The summed E-state index contributed by atoms with van der Waals surface area (Å²) in [6.07, 6.45) is -4.24. The van der Waals surface area contributed by atoms with Gasteiger partial charge in [0.15, 0.2) is 6.04 Å². The summed E-state index contributed by atoms with van der Waals surface area (Å²) < 4.78 is 40.0. The molecule has 0 aliphatic carbocycles. The Balaban J connectivity index is 2.05. The fourth-order valence-electron chi connectivity index (χ4n) is 2.27. The Morgan fingerprint density at radius 3 is 2.89 bits per heavy atom. The lowest BCUT2D eigenvalue weighted by Crippen LogP contribution is -2.33. The van der Waals surface area contributed by atoms with Gasteiger partial charge < -0.3 is 5.32 Å². The zero-order valence-corrected chi connectivity index (χ0v) is 11.0. The van der Waals surface area contributed by atoms with E-state index in [2.05, 4.69) is 10.4 Å². The van der Waals surface area contributed by atoms with Crippen molar-refractivity contribution in [3.8, 4) is 10.6 Å². The first-order valence-electron chi connectivity index (χ1n) is 5.91. The molecule has 0 radical (unpaired) electrons. The highest BCUT2D eigenvalue weighted by Crippen LogP contribution is 2.39. The average Bonchev–Trinajstić information content (AvgIpc) is 2.91. The molecule has 19 heavy (non-hydrogen) atoms. The van der Waals surface area contributed by atoms with Gasteiger partial charge in [-0.05, 0) is 30.4 Å². The van der Waals surface area contributed by atoms with E-state index in [-0.39, 0.29) is 6.42 Å². The molecule has 3 heterocycles. The molecule has 2 aromatic heterocycles. The summed E-state index contributed by atoms with van der Waals surface area (Å²) in [7, 11) is 0. The van der Waals surface area contributed by atoms with Crippen molar-refractivity contribution in [3.63, 3.8) is 0 Å². The van der Waals surface area contributed by atoms with Gasteiger partial charge in [-0.25, -0.2) is 4.68 Å². The second-order valence-corrected chi connectivity index (χ2v) is 5.48. The molecule has 0 bridgehead atoms. The van der Waals surface area contributed by atoms with E-state index in [1.54, 1.807) is 6.07 Å². The van der Waals surface area contributed by atoms with Crippen molar-refractivity contribution in [3.05, 3.63) is 23.1 Å². The summed E-state index contributed by atoms with van der Waals surface area (Å²) in [6, 6.07) is 2.10. The van der Waals surface area contributed by atoms with E-state index in [1.165, 1.54) is 11.3 Å². The molecule has 7 heteroatoms. The Bertz CT molecular complexity index is 600. The number of aromatic nitrogens is 2. The van der Waals surface area contributed by atoms with Gasteiger partial charge in [0.25, 0.3) is 0 Å². The van der Waals surface area contributed by atoms with Gasteiger partial charge in [0.1, 0.15) is 11.5 Å². The van der Waals surface area contributed by atoms with Crippen molar-refractivity contribution in [2.75, 3.05) is 11.9 Å². The maximum Gasteiger partial charge on any atom is 0.410 e. The molecule has 2 aromatic rings. The third-order valence-corrected chi connectivity index (χ3v) is 4.27. The van der Waals surface area contributed by atoms with Crippen LogP contribution in [0.25, 0.3) is 10.6 Å². The Labute approximate surface area is 112 Å². The van der Waals surface area contributed by atoms with Gasteiger partial charge in [0, 0.05) is 12.6 Å². The SMILES string of the molecule is Cc1ccsc1-c1cc2n(n1)C(C(F)(F)F)CCN2. The minimum atomic E-state index is -4.26. The number of nitrogens with one attached hydrogen (secondary N) is 1. The fraction of sp³-hybridized carbons (Fsp3) is 0.417. The molecule has 1 unspecified atom stereocenters. The quantitative estimate of drug-likeness (QED) is 0.863. The summed E-state index contributed by atoms with van der Waals surface area (Å²) in [5.41, 5.74) is 1.63.